The quantitative estimate of drug-likeness (QED) is 0.617. The Hall–Kier alpha value is -2.90. The highest BCUT2D eigenvalue weighted by atomic mass is 35.5. The zero-order valence-electron chi connectivity index (χ0n) is 16.3. The highest BCUT2D eigenvalue weighted by Gasteiger charge is 2.35. The monoisotopic (exact) mass is 438 g/mol. The van der Waals surface area contributed by atoms with Crippen LogP contribution in [-0.4, -0.2) is 27.0 Å². The van der Waals surface area contributed by atoms with Crippen LogP contribution >= 0.6 is 23.4 Å². The molecule has 0 aliphatic carbocycles. The lowest BCUT2D eigenvalue weighted by Crippen LogP contribution is -2.35. The van der Waals surface area contributed by atoms with Crippen LogP contribution in [0.4, 0.5) is 0 Å². The average Bonchev–Trinajstić information content (AvgIpc) is 3.14. The average molecular weight is 439 g/mol. The maximum Gasteiger partial charge on any atom is 0.283 e. The van der Waals surface area contributed by atoms with Crippen molar-refractivity contribution in [3.63, 3.8) is 0 Å². The lowest BCUT2D eigenvalue weighted by atomic mass is 10.1. The Bertz CT molecular complexity index is 1110. The molecule has 152 valence electrons. The number of hydrogen-bond acceptors (Lipinski definition) is 5. The van der Waals surface area contributed by atoms with Crippen molar-refractivity contribution in [3.8, 4) is 5.75 Å². The molecule has 0 spiro atoms. The molecule has 0 saturated carbocycles. The first kappa shape index (κ1) is 20.4. The van der Waals surface area contributed by atoms with Gasteiger partial charge in [0.15, 0.2) is 5.84 Å². The predicted octanol–water partition coefficient (Wildman–Crippen LogP) is 5.34. The number of aliphatic imine (C=N–C) groups is 1. The third kappa shape index (κ3) is 4.17. The van der Waals surface area contributed by atoms with Crippen LogP contribution in [0.5, 0.6) is 5.75 Å². The van der Waals surface area contributed by atoms with Gasteiger partial charge in [0.2, 0.25) is 5.17 Å². The number of fused-ring (bicyclic) bond motifs is 1. The van der Waals surface area contributed by atoms with Crippen LogP contribution < -0.4 is 4.74 Å². The molecular formula is C22H19ClN4O2S. The van der Waals surface area contributed by atoms with E-state index in [0.29, 0.717) is 28.1 Å². The molecule has 2 aromatic rings. The van der Waals surface area contributed by atoms with Crippen molar-refractivity contribution in [2.45, 2.75) is 26.4 Å². The van der Waals surface area contributed by atoms with Gasteiger partial charge in [-0.15, -0.1) is 0 Å². The Morgan fingerprint density at radius 3 is 2.77 bits per heavy atom. The summed E-state index contributed by atoms with van der Waals surface area (Å²) in [5, 5.41) is 16.3. The Kier molecular flexibility index (Phi) is 6.01. The van der Waals surface area contributed by atoms with E-state index in [-0.39, 0.29) is 11.4 Å². The molecule has 0 fully saturated rings. The smallest absolute Gasteiger partial charge is 0.283 e. The second-order valence-corrected chi connectivity index (χ2v) is 8.13. The van der Waals surface area contributed by atoms with Gasteiger partial charge in [-0.25, -0.2) is 0 Å². The fourth-order valence-electron chi connectivity index (χ4n) is 3.00. The van der Waals surface area contributed by atoms with E-state index < -0.39 is 5.91 Å². The van der Waals surface area contributed by atoms with E-state index in [9.17, 15) is 4.79 Å². The largest absolute Gasteiger partial charge is 0.488 e. The van der Waals surface area contributed by atoms with Crippen molar-refractivity contribution >= 4 is 51.4 Å². The molecule has 0 radical (unpaired) electrons. The standard InChI is InChI=1S/C22H19ClN4O2S/c1-2-7-19-26-27-20(24)16(21(28)25-22(27)30-19)12-14-8-4-6-11-18(14)29-13-15-9-3-5-10-17(15)23/h3-6,8-12,24H,2,7,13H2,1H3. The minimum atomic E-state index is -0.451. The van der Waals surface area contributed by atoms with E-state index >= 15 is 0 Å². The summed E-state index contributed by atoms with van der Waals surface area (Å²) in [6.45, 7) is 2.35. The molecule has 0 atom stereocenters. The van der Waals surface area contributed by atoms with E-state index in [1.54, 1.807) is 6.08 Å². The van der Waals surface area contributed by atoms with Crippen LogP contribution in [0.15, 0.2) is 64.2 Å². The van der Waals surface area contributed by atoms with Gasteiger partial charge in [-0.05, 0) is 42.8 Å². The predicted molar refractivity (Wildman–Crippen MR) is 122 cm³/mol. The Morgan fingerprint density at radius 2 is 1.97 bits per heavy atom. The van der Waals surface area contributed by atoms with Gasteiger partial charge < -0.3 is 4.74 Å². The summed E-state index contributed by atoms with van der Waals surface area (Å²) >= 11 is 7.56. The van der Waals surface area contributed by atoms with Crippen molar-refractivity contribution in [3.05, 3.63) is 70.3 Å². The lowest BCUT2D eigenvalue weighted by molar-refractivity contribution is -0.114. The molecule has 30 heavy (non-hydrogen) atoms. The summed E-state index contributed by atoms with van der Waals surface area (Å²) in [5.41, 5.74) is 1.72. The highest BCUT2D eigenvalue weighted by Crippen LogP contribution is 2.31. The fraction of sp³-hybridized carbons (Fsp3) is 0.182. The number of carbonyl (C=O) groups is 1. The fourth-order valence-corrected chi connectivity index (χ4v) is 4.18. The number of benzene rings is 2. The second kappa shape index (κ2) is 8.85. The molecule has 2 aliphatic heterocycles. The maximum absolute atomic E-state index is 12.6. The first-order valence-electron chi connectivity index (χ1n) is 9.51. The number of thioether (sulfide) groups is 1. The molecule has 2 aromatic carbocycles. The lowest BCUT2D eigenvalue weighted by Gasteiger charge is -2.20. The molecule has 1 amide bonds. The molecule has 8 heteroatoms. The maximum atomic E-state index is 12.6. The minimum Gasteiger partial charge on any atom is -0.488 e. The van der Waals surface area contributed by atoms with Gasteiger partial charge in [-0.3, -0.25) is 10.2 Å². The van der Waals surface area contributed by atoms with Crippen molar-refractivity contribution in [2.24, 2.45) is 10.1 Å². The summed E-state index contributed by atoms with van der Waals surface area (Å²) in [4.78, 5) is 16.7. The van der Waals surface area contributed by atoms with Gasteiger partial charge in [0.25, 0.3) is 5.91 Å². The van der Waals surface area contributed by atoms with Crippen LogP contribution in [0.3, 0.4) is 0 Å². The molecule has 6 nitrogen and oxygen atoms in total. The van der Waals surface area contributed by atoms with Gasteiger partial charge >= 0.3 is 0 Å². The first-order chi connectivity index (χ1) is 14.6. The molecule has 1 N–H and O–H groups in total. The van der Waals surface area contributed by atoms with Gasteiger partial charge in [-0.2, -0.15) is 15.1 Å². The SMILES string of the molecule is CCCC1=NN2C(=N)C(=Cc3ccccc3OCc3ccccc3Cl)C(=O)N=C2S1. The Morgan fingerprint density at radius 1 is 1.20 bits per heavy atom. The molecule has 0 unspecified atom stereocenters. The third-order valence-corrected chi connectivity index (χ3v) is 5.86. The number of para-hydroxylation sites is 1. The normalized spacial score (nSPS) is 17.1. The third-order valence-electron chi connectivity index (χ3n) is 4.52. The number of amidine groups is 2. The number of carbonyl (C=O) groups excluding carboxylic acids is 1. The highest BCUT2D eigenvalue weighted by molar-refractivity contribution is 8.26. The van der Waals surface area contributed by atoms with Crippen LogP contribution in [0.25, 0.3) is 6.08 Å². The van der Waals surface area contributed by atoms with E-state index in [1.807, 2.05) is 48.5 Å². The van der Waals surface area contributed by atoms with Crippen molar-refractivity contribution in [2.75, 3.05) is 0 Å². The van der Waals surface area contributed by atoms with Gasteiger partial charge in [-0.1, -0.05) is 54.9 Å². The molecule has 2 aliphatic rings. The van der Waals surface area contributed by atoms with Crippen molar-refractivity contribution in [1.29, 1.82) is 5.41 Å². The van der Waals surface area contributed by atoms with Crippen LogP contribution in [-0.2, 0) is 11.4 Å². The van der Waals surface area contributed by atoms with Crippen molar-refractivity contribution < 1.29 is 9.53 Å². The van der Waals surface area contributed by atoms with Crippen molar-refractivity contribution in [1.82, 2.24) is 5.01 Å². The van der Waals surface area contributed by atoms with Gasteiger partial charge in [0, 0.05) is 16.1 Å². The van der Waals surface area contributed by atoms with Crippen LogP contribution in [0.1, 0.15) is 30.9 Å². The van der Waals surface area contributed by atoms with Crippen LogP contribution in [0, 0.1) is 5.41 Å². The van der Waals surface area contributed by atoms with E-state index in [2.05, 4.69) is 17.0 Å². The first-order valence-corrected chi connectivity index (χ1v) is 10.7. The molecule has 2 heterocycles. The molecule has 4 rings (SSSR count). The van der Waals surface area contributed by atoms with Gasteiger partial charge in [0.1, 0.15) is 17.4 Å². The summed E-state index contributed by atoms with van der Waals surface area (Å²) in [6, 6.07) is 14.8. The van der Waals surface area contributed by atoms with E-state index in [0.717, 1.165) is 23.4 Å². The number of amides is 1. The summed E-state index contributed by atoms with van der Waals surface area (Å²) in [6.07, 6.45) is 3.36. The number of nitrogens with one attached hydrogen (secondary N) is 1. The molecule has 0 bridgehead atoms. The summed E-state index contributed by atoms with van der Waals surface area (Å²) in [5.74, 6) is 0.156. The molecule has 0 saturated heterocycles. The Labute approximate surface area is 183 Å². The zero-order chi connectivity index (χ0) is 21.1. The van der Waals surface area contributed by atoms with E-state index in [4.69, 9.17) is 21.7 Å². The number of nitrogens with zero attached hydrogens (tertiary/aromatic N) is 3. The molecule has 0 aromatic heterocycles. The number of ether oxygens (including phenoxy) is 1. The molecular weight excluding hydrogens is 420 g/mol. The topological polar surface area (TPSA) is 78.1 Å². The number of hydrazone groups is 1. The number of hydrogen-bond donors (Lipinski definition) is 1. The number of rotatable bonds is 6. The zero-order valence-corrected chi connectivity index (χ0v) is 17.8. The van der Waals surface area contributed by atoms with E-state index in [1.165, 1.54) is 16.8 Å². The minimum absolute atomic E-state index is 0.0181. The Balaban J connectivity index is 1.60. The summed E-state index contributed by atoms with van der Waals surface area (Å²) in [7, 11) is 0. The summed E-state index contributed by atoms with van der Waals surface area (Å²) < 4.78 is 5.96. The van der Waals surface area contributed by atoms with Gasteiger partial charge in [0.05, 0.1) is 5.57 Å². The second-order valence-electron chi connectivity index (χ2n) is 6.68. The van der Waals surface area contributed by atoms with Crippen LogP contribution in [0.2, 0.25) is 5.02 Å². The number of halogens is 1.